The Balaban J connectivity index is 1.11. The summed E-state index contributed by atoms with van der Waals surface area (Å²) >= 11 is 6.33. The van der Waals surface area contributed by atoms with Gasteiger partial charge in [-0.05, 0) is 80.6 Å². The smallest absolute Gasteiger partial charge is 0.271 e. The van der Waals surface area contributed by atoms with Gasteiger partial charge < -0.3 is 0 Å². The Hall–Kier alpha value is -3.74. The third kappa shape index (κ3) is 6.39. The predicted molar refractivity (Wildman–Crippen MR) is 153 cm³/mol. The number of amides is 1. The number of nitrogens with one attached hydrogen (secondary N) is 1. The third-order valence-electron chi connectivity index (χ3n) is 7.17. The Morgan fingerprint density at radius 3 is 2.32 bits per heavy atom. The largest absolute Gasteiger partial charge is 0.299 e. The molecule has 1 aliphatic rings. The average molecular weight is 526 g/mol. The molecule has 1 aliphatic heterocycles. The van der Waals surface area contributed by atoms with Gasteiger partial charge in [0, 0.05) is 12.1 Å². The van der Waals surface area contributed by atoms with Crippen molar-refractivity contribution in [1.82, 2.24) is 20.1 Å². The number of hydrogen-bond acceptors (Lipinski definition) is 4. The summed E-state index contributed by atoms with van der Waals surface area (Å²) in [4.78, 5) is 15.1. The first-order valence-electron chi connectivity index (χ1n) is 13.1. The van der Waals surface area contributed by atoms with Crippen LogP contribution in [0.15, 0.2) is 90.0 Å². The Bertz CT molecular complexity index is 1380. The van der Waals surface area contributed by atoms with Gasteiger partial charge in [0.05, 0.1) is 23.2 Å². The fraction of sp³-hybridized carbons (Fsp3) is 0.258. The highest BCUT2D eigenvalue weighted by molar-refractivity contribution is 6.32. The van der Waals surface area contributed by atoms with Crippen molar-refractivity contribution in [3.05, 3.63) is 118 Å². The first kappa shape index (κ1) is 25.9. The normalized spacial score (nSPS) is 14.7. The minimum atomic E-state index is -0.265. The van der Waals surface area contributed by atoms with Crippen LogP contribution in [0.25, 0.3) is 5.69 Å². The molecule has 194 valence electrons. The number of nitrogens with zero attached hydrogens (tertiary/aromatic N) is 4. The van der Waals surface area contributed by atoms with E-state index >= 15 is 0 Å². The van der Waals surface area contributed by atoms with Crippen molar-refractivity contribution in [3.63, 3.8) is 0 Å². The number of para-hydroxylation sites is 1. The second-order valence-electron chi connectivity index (χ2n) is 9.84. The molecule has 0 bridgehead atoms. The first-order chi connectivity index (χ1) is 18.6. The van der Waals surface area contributed by atoms with E-state index in [1.165, 1.54) is 36.6 Å². The molecule has 0 atom stereocenters. The van der Waals surface area contributed by atoms with Gasteiger partial charge >= 0.3 is 0 Å². The minimum absolute atomic E-state index is 0.265. The Morgan fingerprint density at radius 2 is 1.63 bits per heavy atom. The number of hydrazone groups is 1. The van der Waals surface area contributed by atoms with Gasteiger partial charge in [-0.15, -0.1) is 0 Å². The molecule has 3 aromatic carbocycles. The maximum atomic E-state index is 12.6. The highest BCUT2D eigenvalue weighted by Crippen LogP contribution is 2.23. The quantitative estimate of drug-likeness (QED) is 0.225. The Morgan fingerprint density at radius 1 is 0.974 bits per heavy atom. The van der Waals surface area contributed by atoms with Crippen molar-refractivity contribution in [2.45, 2.75) is 32.7 Å². The van der Waals surface area contributed by atoms with Crippen LogP contribution in [0.1, 0.15) is 45.6 Å². The number of aromatic nitrogens is 2. The number of hydrogen-bond donors (Lipinski definition) is 1. The summed E-state index contributed by atoms with van der Waals surface area (Å²) in [6.45, 7) is 5.04. The monoisotopic (exact) mass is 525 g/mol. The highest BCUT2D eigenvalue weighted by atomic mass is 35.5. The lowest BCUT2D eigenvalue weighted by Gasteiger charge is -2.32. The lowest BCUT2D eigenvalue weighted by molar-refractivity contribution is 0.0955. The molecule has 1 amide bonds. The van der Waals surface area contributed by atoms with E-state index < -0.39 is 0 Å². The van der Waals surface area contributed by atoms with Crippen molar-refractivity contribution in [1.29, 1.82) is 0 Å². The van der Waals surface area contributed by atoms with E-state index in [4.69, 9.17) is 11.6 Å². The van der Waals surface area contributed by atoms with Crippen molar-refractivity contribution in [2.24, 2.45) is 11.0 Å². The van der Waals surface area contributed by atoms with E-state index in [1.807, 2.05) is 61.5 Å². The zero-order chi connectivity index (χ0) is 26.3. The molecule has 1 aromatic heterocycles. The number of benzene rings is 3. The number of halogens is 1. The van der Waals surface area contributed by atoms with E-state index in [9.17, 15) is 4.79 Å². The van der Waals surface area contributed by atoms with Gasteiger partial charge in [-0.25, -0.2) is 10.1 Å². The molecular weight excluding hydrogens is 494 g/mol. The average Bonchev–Trinajstić information content (AvgIpc) is 3.24. The fourth-order valence-corrected chi connectivity index (χ4v) is 5.24. The van der Waals surface area contributed by atoms with Crippen LogP contribution in [0.2, 0.25) is 5.15 Å². The van der Waals surface area contributed by atoms with E-state index in [1.54, 1.807) is 4.68 Å². The highest BCUT2D eigenvalue weighted by Gasteiger charge is 2.19. The molecule has 1 N–H and O–H groups in total. The zero-order valence-electron chi connectivity index (χ0n) is 21.6. The van der Waals surface area contributed by atoms with E-state index in [0.717, 1.165) is 36.9 Å². The van der Waals surface area contributed by atoms with E-state index in [-0.39, 0.29) is 5.91 Å². The SMILES string of the molecule is Cc1c(/C=N\NC(=O)c2ccc(CN3CCC(Cc4ccccc4)CC3)cc2)c(Cl)nn1-c1ccccc1. The molecule has 4 aromatic rings. The summed E-state index contributed by atoms with van der Waals surface area (Å²) in [5, 5.41) is 8.85. The van der Waals surface area contributed by atoms with Gasteiger partial charge in [0.25, 0.3) is 5.91 Å². The molecule has 5 rings (SSSR count). The number of likely N-dealkylation sites (tertiary alicyclic amines) is 1. The summed E-state index contributed by atoms with van der Waals surface area (Å²) in [6, 6.07) is 28.3. The summed E-state index contributed by atoms with van der Waals surface area (Å²) in [6.07, 6.45) is 5.15. The van der Waals surface area contributed by atoms with Gasteiger partial charge in [0.1, 0.15) is 0 Å². The maximum Gasteiger partial charge on any atom is 0.271 e. The molecule has 7 heteroatoms. The summed E-state index contributed by atoms with van der Waals surface area (Å²) in [7, 11) is 0. The van der Waals surface area contributed by atoms with Crippen LogP contribution >= 0.6 is 11.6 Å². The molecular formula is C31H32ClN5O. The number of carbonyl (C=O) groups is 1. The summed E-state index contributed by atoms with van der Waals surface area (Å²) < 4.78 is 1.76. The molecule has 38 heavy (non-hydrogen) atoms. The maximum absolute atomic E-state index is 12.6. The minimum Gasteiger partial charge on any atom is -0.299 e. The molecule has 0 aliphatic carbocycles. The van der Waals surface area contributed by atoms with Crippen LogP contribution in [0.5, 0.6) is 0 Å². The van der Waals surface area contributed by atoms with Crippen LogP contribution in [-0.4, -0.2) is 39.9 Å². The van der Waals surface area contributed by atoms with Crippen LogP contribution in [0.4, 0.5) is 0 Å². The van der Waals surface area contributed by atoms with Gasteiger partial charge in [0.2, 0.25) is 0 Å². The van der Waals surface area contributed by atoms with Gasteiger partial charge in [-0.2, -0.15) is 10.2 Å². The second-order valence-corrected chi connectivity index (χ2v) is 10.2. The lowest BCUT2D eigenvalue weighted by Crippen LogP contribution is -2.33. The van der Waals surface area contributed by atoms with Crippen LogP contribution in [-0.2, 0) is 13.0 Å². The molecule has 6 nitrogen and oxygen atoms in total. The standard InChI is InChI=1S/C31H32ClN5O/c1-23-29(30(32)35-37(23)28-10-6-3-7-11-28)21-33-34-31(38)27-14-12-26(13-15-27)22-36-18-16-25(17-19-36)20-24-8-4-2-5-9-24/h2-15,21,25H,16-20,22H2,1H3,(H,34,38)/b33-21-. The van der Waals surface area contributed by atoms with Gasteiger partial charge in [-0.1, -0.05) is 72.3 Å². The third-order valence-corrected chi connectivity index (χ3v) is 7.45. The second kappa shape index (κ2) is 12.2. The topological polar surface area (TPSA) is 62.5 Å². The fourth-order valence-electron chi connectivity index (χ4n) is 4.98. The Kier molecular flexibility index (Phi) is 8.31. The Labute approximate surface area is 228 Å². The van der Waals surface area contributed by atoms with Gasteiger partial charge in [0.15, 0.2) is 5.15 Å². The van der Waals surface area contributed by atoms with Crippen LogP contribution < -0.4 is 5.43 Å². The molecule has 1 saturated heterocycles. The van der Waals surface area contributed by atoms with E-state index in [0.29, 0.717) is 16.3 Å². The molecule has 2 heterocycles. The van der Waals surface area contributed by atoms with Gasteiger partial charge in [-0.3, -0.25) is 9.69 Å². The summed E-state index contributed by atoms with van der Waals surface area (Å²) in [5.74, 6) is 0.491. The predicted octanol–water partition coefficient (Wildman–Crippen LogP) is 6.05. The lowest BCUT2D eigenvalue weighted by atomic mass is 9.90. The molecule has 0 radical (unpaired) electrons. The molecule has 0 spiro atoms. The number of carbonyl (C=O) groups excluding carboxylic acids is 1. The van der Waals surface area contributed by atoms with Crippen molar-refractivity contribution in [2.75, 3.05) is 13.1 Å². The number of rotatable bonds is 8. The number of piperidine rings is 1. The molecule has 0 saturated carbocycles. The van der Waals surface area contributed by atoms with Crippen LogP contribution in [0.3, 0.4) is 0 Å². The van der Waals surface area contributed by atoms with Crippen molar-refractivity contribution < 1.29 is 4.79 Å². The van der Waals surface area contributed by atoms with Crippen molar-refractivity contribution >= 4 is 23.7 Å². The van der Waals surface area contributed by atoms with Crippen molar-refractivity contribution in [3.8, 4) is 5.69 Å². The van der Waals surface area contributed by atoms with E-state index in [2.05, 4.69) is 50.9 Å². The molecule has 0 unspecified atom stereocenters. The molecule has 1 fully saturated rings. The van der Waals surface area contributed by atoms with Crippen LogP contribution in [0, 0.1) is 12.8 Å². The summed E-state index contributed by atoms with van der Waals surface area (Å²) in [5.41, 5.74) is 8.23. The first-order valence-corrected chi connectivity index (χ1v) is 13.4. The zero-order valence-corrected chi connectivity index (χ0v) is 22.3.